The van der Waals surface area contributed by atoms with Crippen molar-refractivity contribution in [2.75, 3.05) is 19.0 Å². The highest BCUT2D eigenvalue weighted by Gasteiger charge is 2.18. The molecular formula is C25H23N3O2S. The van der Waals surface area contributed by atoms with E-state index in [0.717, 1.165) is 48.3 Å². The zero-order chi connectivity index (χ0) is 21.2. The zero-order valence-electron chi connectivity index (χ0n) is 17.3. The fourth-order valence-electron chi connectivity index (χ4n) is 4.02. The summed E-state index contributed by atoms with van der Waals surface area (Å²) in [5.74, 6) is 0.783. The Kier molecular flexibility index (Phi) is 5.40. The number of nitrogens with zero attached hydrogens (tertiary/aromatic N) is 2. The number of carbonyl (C=O) groups is 1. The molecule has 6 heteroatoms. The van der Waals surface area contributed by atoms with Crippen molar-refractivity contribution in [3.8, 4) is 5.75 Å². The largest absolute Gasteiger partial charge is 0.497 e. The number of carbonyl (C=O) groups excluding carboxylic acids is 1. The maximum atomic E-state index is 12.7. The van der Waals surface area contributed by atoms with Crippen molar-refractivity contribution in [1.82, 2.24) is 9.88 Å². The van der Waals surface area contributed by atoms with Crippen LogP contribution in [0.15, 0.2) is 66.0 Å². The summed E-state index contributed by atoms with van der Waals surface area (Å²) in [7, 11) is 1.70. The molecular weight excluding hydrogens is 406 g/mol. The van der Waals surface area contributed by atoms with Gasteiger partial charge in [0.15, 0.2) is 5.13 Å². The summed E-state index contributed by atoms with van der Waals surface area (Å²) in [5, 5.41) is 7.78. The minimum atomic E-state index is -0.132. The van der Waals surface area contributed by atoms with Gasteiger partial charge in [-0.2, -0.15) is 0 Å². The second kappa shape index (κ2) is 8.49. The van der Waals surface area contributed by atoms with Crippen molar-refractivity contribution in [3.63, 3.8) is 0 Å². The van der Waals surface area contributed by atoms with Crippen molar-refractivity contribution in [2.24, 2.45) is 0 Å². The number of methoxy groups -OCH3 is 1. The second-order valence-electron chi connectivity index (χ2n) is 7.76. The van der Waals surface area contributed by atoms with Gasteiger partial charge in [0.1, 0.15) is 5.75 Å². The molecule has 3 aromatic carbocycles. The van der Waals surface area contributed by atoms with E-state index in [2.05, 4.69) is 27.3 Å². The first-order valence-electron chi connectivity index (χ1n) is 10.3. The molecule has 0 bridgehead atoms. The monoisotopic (exact) mass is 429 g/mol. The van der Waals surface area contributed by atoms with Gasteiger partial charge in [-0.1, -0.05) is 36.4 Å². The number of nitrogens with one attached hydrogen (secondary N) is 1. The molecule has 0 saturated carbocycles. The highest BCUT2D eigenvalue weighted by molar-refractivity contribution is 7.14. The Hall–Kier alpha value is -3.22. The van der Waals surface area contributed by atoms with E-state index in [1.54, 1.807) is 7.11 Å². The molecule has 0 aliphatic carbocycles. The lowest BCUT2D eigenvalue weighted by atomic mass is 9.99. The minimum absolute atomic E-state index is 0.132. The van der Waals surface area contributed by atoms with E-state index in [-0.39, 0.29) is 5.91 Å². The van der Waals surface area contributed by atoms with Gasteiger partial charge in [0.25, 0.3) is 5.91 Å². The predicted octanol–water partition coefficient (Wildman–Crippen LogP) is 5.12. The molecule has 5 rings (SSSR count). The van der Waals surface area contributed by atoms with Crippen LogP contribution in [0.4, 0.5) is 5.13 Å². The summed E-state index contributed by atoms with van der Waals surface area (Å²) in [5.41, 5.74) is 4.32. The van der Waals surface area contributed by atoms with E-state index in [9.17, 15) is 4.79 Å². The molecule has 1 amide bonds. The summed E-state index contributed by atoms with van der Waals surface area (Å²) >= 11 is 1.47. The SMILES string of the molecule is COc1ccc2c(c1)CCN(Cc1csc(NC(=O)c3ccc4ccccc4c3)n1)C2. The van der Waals surface area contributed by atoms with Crippen LogP contribution in [0.5, 0.6) is 5.75 Å². The van der Waals surface area contributed by atoms with E-state index in [0.29, 0.717) is 10.7 Å². The number of anilines is 1. The fourth-order valence-corrected chi connectivity index (χ4v) is 4.71. The summed E-state index contributed by atoms with van der Waals surface area (Å²) in [4.78, 5) is 19.7. The van der Waals surface area contributed by atoms with Crippen LogP contribution in [0.2, 0.25) is 0 Å². The molecule has 0 saturated heterocycles. The molecule has 4 aromatic rings. The first kappa shape index (κ1) is 19.7. The highest BCUT2D eigenvalue weighted by atomic mass is 32.1. The Morgan fingerprint density at radius 2 is 1.97 bits per heavy atom. The van der Waals surface area contributed by atoms with Gasteiger partial charge >= 0.3 is 0 Å². The van der Waals surface area contributed by atoms with Crippen LogP contribution >= 0.6 is 11.3 Å². The number of hydrogen-bond acceptors (Lipinski definition) is 5. The molecule has 0 unspecified atom stereocenters. The van der Waals surface area contributed by atoms with Gasteiger partial charge in [-0.05, 0) is 52.6 Å². The summed E-state index contributed by atoms with van der Waals surface area (Å²) < 4.78 is 5.33. The van der Waals surface area contributed by atoms with Gasteiger partial charge in [-0.3, -0.25) is 15.0 Å². The minimum Gasteiger partial charge on any atom is -0.497 e. The Balaban J connectivity index is 1.23. The van der Waals surface area contributed by atoms with Crippen LogP contribution in [0.3, 0.4) is 0 Å². The number of ether oxygens (including phenoxy) is 1. The number of fused-ring (bicyclic) bond motifs is 2. The second-order valence-corrected chi connectivity index (χ2v) is 8.61. The lowest BCUT2D eigenvalue weighted by Crippen LogP contribution is -2.30. The van der Waals surface area contributed by atoms with Crippen LogP contribution in [-0.2, 0) is 19.5 Å². The molecule has 0 fully saturated rings. The lowest BCUT2D eigenvalue weighted by Gasteiger charge is -2.28. The third-order valence-electron chi connectivity index (χ3n) is 5.67. The van der Waals surface area contributed by atoms with E-state index < -0.39 is 0 Å². The molecule has 1 aromatic heterocycles. The van der Waals surface area contributed by atoms with Crippen LogP contribution in [0.25, 0.3) is 10.8 Å². The number of hydrogen-bond donors (Lipinski definition) is 1. The van der Waals surface area contributed by atoms with Gasteiger partial charge in [-0.15, -0.1) is 11.3 Å². The van der Waals surface area contributed by atoms with Crippen LogP contribution < -0.4 is 10.1 Å². The summed E-state index contributed by atoms with van der Waals surface area (Å²) in [6, 6.07) is 20.1. The number of aromatic nitrogens is 1. The molecule has 0 radical (unpaired) electrons. The lowest BCUT2D eigenvalue weighted by molar-refractivity contribution is 0.102. The van der Waals surface area contributed by atoms with Crippen LogP contribution in [0, 0.1) is 0 Å². The van der Waals surface area contributed by atoms with Gasteiger partial charge in [0, 0.05) is 30.6 Å². The molecule has 156 valence electrons. The molecule has 31 heavy (non-hydrogen) atoms. The molecule has 1 N–H and O–H groups in total. The van der Waals surface area contributed by atoms with Crippen molar-refractivity contribution >= 4 is 33.1 Å². The Morgan fingerprint density at radius 1 is 1.10 bits per heavy atom. The van der Waals surface area contributed by atoms with Crippen molar-refractivity contribution in [2.45, 2.75) is 19.5 Å². The fraction of sp³-hybridized carbons (Fsp3) is 0.200. The number of benzene rings is 3. The number of thiazole rings is 1. The molecule has 5 nitrogen and oxygen atoms in total. The van der Waals surface area contributed by atoms with Gasteiger partial charge in [-0.25, -0.2) is 4.98 Å². The van der Waals surface area contributed by atoms with Crippen LogP contribution in [-0.4, -0.2) is 29.4 Å². The summed E-state index contributed by atoms with van der Waals surface area (Å²) in [6.07, 6.45) is 1.00. The molecule has 1 aliphatic rings. The number of rotatable bonds is 5. The third kappa shape index (κ3) is 4.31. The quantitative estimate of drug-likeness (QED) is 0.479. The van der Waals surface area contributed by atoms with Gasteiger partial charge in [0.2, 0.25) is 0 Å². The van der Waals surface area contributed by atoms with Gasteiger partial charge < -0.3 is 4.74 Å². The third-order valence-corrected chi connectivity index (χ3v) is 6.48. The van der Waals surface area contributed by atoms with E-state index >= 15 is 0 Å². The maximum Gasteiger partial charge on any atom is 0.257 e. The smallest absolute Gasteiger partial charge is 0.257 e. The molecule has 0 spiro atoms. The Labute approximate surface area is 185 Å². The molecule has 2 heterocycles. The first-order valence-corrected chi connectivity index (χ1v) is 11.2. The average Bonchev–Trinajstić information content (AvgIpc) is 3.24. The highest BCUT2D eigenvalue weighted by Crippen LogP contribution is 2.26. The molecule has 0 atom stereocenters. The van der Waals surface area contributed by atoms with Crippen molar-refractivity contribution in [3.05, 3.63) is 88.4 Å². The number of amides is 1. The zero-order valence-corrected chi connectivity index (χ0v) is 18.1. The van der Waals surface area contributed by atoms with Crippen LogP contribution in [0.1, 0.15) is 27.2 Å². The molecule has 1 aliphatic heterocycles. The first-order chi connectivity index (χ1) is 15.2. The van der Waals surface area contributed by atoms with Crippen molar-refractivity contribution < 1.29 is 9.53 Å². The topological polar surface area (TPSA) is 54.5 Å². The standard InChI is InChI=1S/C25H23N3O2S/c1-30-23-9-8-21-14-28(11-10-19(21)13-23)15-22-16-31-25(26-22)27-24(29)20-7-6-17-4-2-3-5-18(17)12-20/h2-9,12-13,16H,10-11,14-15H2,1H3,(H,26,27,29). The van der Waals surface area contributed by atoms with E-state index in [1.807, 2.05) is 53.9 Å². The predicted molar refractivity (Wildman–Crippen MR) is 125 cm³/mol. The van der Waals surface area contributed by atoms with Gasteiger partial charge in [0.05, 0.1) is 12.8 Å². The average molecular weight is 430 g/mol. The Bertz CT molecular complexity index is 1250. The normalized spacial score (nSPS) is 13.7. The Morgan fingerprint density at radius 3 is 2.84 bits per heavy atom. The van der Waals surface area contributed by atoms with E-state index in [1.165, 1.54) is 22.5 Å². The van der Waals surface area contributed by atoms with Crippen molar-refractivity contribution in [1.29, 1.82) is 0 Å². The van der Waals surface area contributed by atoms with E-state index in [4.69, 9.17) is 4.74 Å². The summed E-state index contributed by atoms with van der Waals surface area (Å²) in [6.45, 7) is 2.65. The maximum absolute atomic E-state index is 12.7.